The van der Waals surface area contributed by atoms with E-state index in [9.17, 15) is 0 Å². The third-order valence-corrected chi connectivity index (χ3v) is 4.28. The van der Waals surface area contributed by atoms with E-state index in [-0.39, 0.29) is 6.04 Å². The summed E-state index contributed by atoms with van der Waals surface area (Å²) in [7, 11) is 0. The van der Waals surface area contributed by atoms with Crippen molar-refractivity contribution in [3.05, 3.63) is 51.2 Å². The van der Waals surface area contributed by atoms with Gasteiger partial charge >= 0.3 is 0 Å². The molecule has 0 bridgehead atoms. The standard InChI is InChI=1S/C15H18ClNOS/c1-2-14-6-7-15(19-14)9-12(17)10-18-13-5-3-4-11(16)8-13/h3-8,12H,2,9-10,17H2,1H3. The lowest BCUT2D eigenvalue weighted by molar-refractivity contribution is 0.288. The van der Waals surface area contributed by atoms with Crippen LogP contribution in [0.3, 0.4) is 0 Å². The molecule has 0 aliphatic carbocycles. The van der Waals surface area contributed by atoms with E-state index in [0.717, 1.165) is 18.6 Å². The maximum atomic E-state index is 6.09. The van der Waals surface area contributed by atoms with E-state index < -0.39 is 0 Å². The normalized spacial score (nSPS) is 12.4. The molecule has 2 aromatic rings. The van der Waals surface area contributed by atoms with Gasteiger partial charge in [-0.3, -0.25) is 0 Å². The van der Waals surface area contributed by atoms with Crippen molar-refractivity contribution in [2.24, 2.45) is 5.73 Å². The number of aryl methyl sites for hydroxylation is 1. The highest BCUT2D eigenvalue weighted by Gasteiger charge is 2.07. The molecule has 1 aromatic carbocycles. The van der Waals surface area contributed by atoms with Crippen LogP contribution in [-0.2, 0) is 12.8 Å². The first-order chi connectivity index (χ1) is 9.17. The molecule has 0 saturated carbocycles. The summed E-state index contributed by atoms with van der Waals surface area (Å²) in [6, 6.07) is 11.7. The minimum atomic E-state index is 0.00216. The van der Waals surface area contributed by atoms with Crippen molar-refractivity contribution in [2.75, 3.05) is 6.61 Å². The van der Waals surface area contributed by atoms with Gasteiger partial charge in [0.2, 0.25) is 0 Å². The van der Waals surface area contributed by atoms with Gasteiger partial charge in [-0.2, -0.15) is 0 Å². The highest BCUT2D eigenvalue weighted by atomic mass is 35.5. The lowest BCUT2D eigenvalue weighted by Crippen LogP contribution is -2.29. The van der Waals surface area contributed by atoms with E-state index >= 15 is 0 Å². The Bertz CT molecular complexity index is 526. The molecule has 1 heterocycles. The number of hydrogen-bond acceptors (Lipinski definition) is 3. The van der Waals surface area contributed by atoms with E-state index in [1.165, 1.54) is 9.75 Å². The van der Waals surface area contributed by atoms with Crippen LogP contribution >= 0.6 is 22.9 Å². The van der Waals surface area contributed by atoms with Gasteiger partial charge in [-0.15, -0.1) is 11.3 Å². The van der Waals surface area contributed by atoms with Crippen molar-refractivity contribution in [1.29, 1.82) is 0 Å². The number of benzene rings is 1. The Morgan fingerprint density at radius 1 is 1.26 bits per heavy atom. The average molecular weight is 296 g/mol. The van der Waals surface area contributed by atoms with Crippen LogP contribution in [-0.4, -0.2) is 12.6 Å². The highest BCUT2D eigenvalue weighted by molar-refractivity contribution is 7.11. The van der Waals surface area contributed by atoms with E-state index in [1.54, 1.807) is 6.07 Å². The molecule has 19 heavy (non-hydrogen) atoms. The van der Waals surface area contributed by atoms with Crippen molar-refractivity contribution in [3.63, 3.8) is 0 Å². The summed E-state index contributed by atoms with van der Waals surface area (Å²) in [5, 5.41) is 0.678. The third kappa shape index (κ3) is 4.53. The van der Waals surface area contributed by atoms with Gasteiger partial charge in [0.05, 0.1) is 0 Å². The van der Waals surface area contributed by atoms with Gasteiger partial charge in [0.15, 0.2) is 0 Å². The number of ether oxygens (including phenoxy) is 1. The Labute approximate surface area is 123 Å². The van der Waals surface area contributed by atoms with Crippen LogP contribution in [0.5, 0.6) is 5.75 Å². The molecule has 1 aromatic heterocycles. The molecule has 0 amide bonds. The largest absolute Gasteiger partial charge is 0.492 e. The van der Waals surface area contributed by atoms with Crippen molar-refractivity contribution in [1.82, 2.24) is 0 Å². The molecule has 2 rings (SSSR count). The van der Waals surface area contributed by atoms with Crippen LogP contribution in [0, 0.1) is 0 Å². The molecule has 1 unspecified atom stereocenters. The zero-order valence-electron chi connectivity index (χ0n) is 10.9. The van der Waals surface area contributed by atoms with E-state index in [2.05, 4.69) is 19.1 Å². The van der Waals surface area contributed by atoms with Gasteiger partial charge in [-0.25, -0.2) is 0 Å². The Balaban J connectivity index is 1.82. The molecule has 0 saturated heterocycles. The first-order valence-corrected chi connectivity index (χ1v) is 7.58. The second kappa shape index (κ2) is 6.94. The zero-order chi connectivity index (χ0) is 13.7. The Morgan fingerprint density at radius 3 is 2.74 bits per heavy atom. The van der Waals surface area contributed by atoms with Crippen LogP contribution in [0.15, 0.2) is 36.4 Å². The summed E-state index contributed by atoms with van der Waals surface area (Å²) in [4.78, 5) is 2.72. The predicted octanol–water partition coefficient (Wildman–Crippen LogP) is 3.91. The van der Waals surface area contributed by atoms with Crippen molar-refractivity contribution in [3.8, 4) is 5.75 Å². The van der Waals surface area contributed by atoms with Gasteiger partial charge in [0, 0.05) is 27.2 Å². The average Bonchev–Trinajstić information content (AvgIpc) is 2.84. The molecule has 102 valence electrons. The smallest absolute Gasteiger partial charge is 0.120 e. The number of thiophene rings is 1. The van der Waals surface area contributed by atoms with Gasteiger partial charge < -0.3 is 10.5 Å². The van der Waals surface area contributed by atoms with Crippen LogP contribution < -0.4 is 10.5 Å². The van der Waals surface area contributed by atoms with E-state index in [0.29, 0.717) is 11.6 Å². The second-order valence-corrected chi connectivity index (χ2v) is 6.14. The quantitative estimate of drug-likeness (QED) is 0.877. The zero-order valence-corrected chi connectivity index (χ0v) is 12.5. The van der Waals surface area contributed by atoms with Crippen molar-refractivity contribution < 1.29 is 4.74 Å². The fraction of sp³-hybridized carbons (Fsp3) is 0.333. The Kier molecular flexibility index (Phi) is 5.25. The fourth-order valence-electron chi connectivity index (χ4n) is 1.80. The number of nitrogens with two attached hydrogens (primary N) is 1. The van der Waals surface area contributed by atoms with Crippen LogP contribution in [0.25, 0.3) is 0 Å². The molecule has 2 N–H and O–H groups in total. The SMILES string of the molecule is CCc1ccc(CC(N)COc2cccc(Cl)c2)s1. The van der Waals surface area contributed by atoms with Crippen LogP contribution in [0.1, 0.15) is 16.7 Å². The fourth-order valence-corrected chi connectivity index (χ4v) is 3.03. The summed E-state index contributed by atoms with van der Waals surface area (Å²) in [5.74, 6) is 0.767. The minimum Gasteiger partial charge on any atom is -0.492 e. The number of rotatable bonds is 6. The first-order valence-electron chi connectivity index (χ1n) is 6.39. The lowest BCUT2D eigenvalue weighted by Gasteiger charge is -2.12. The summed E-state index contributed by atoms with van der Waals surface area (Å²) in [5.41, 5.74) is 6.09. The summed E-state index contributed by atoms with van der Waals surface area (Å²) < 4.78 is 5.65. The van der Waals surface area contributed by atoms with Gasteiger partial charge in [-0.05, 0) is 36.8 Å². The maximum absolute atomic E-state index is 6.09. The van der Waals surface area contributed by atoms with E-state index in [4.69, 9.17) is 22.1 Å². The van der Waals surface area contributed by atoms with Crippen molar-refractivity contribution >= 4 is 22.9 Å². The first kappa shape index (κ1) is 14.4. The molecule has 0 fully saturated rings. The topological polar surface area (TPSA) is 35.2 Å². The second-order valence-electron chi connectivity index (χ2n) is 4.45. The predicted molar refractivity (Wildman–Crippen MR) is 82.3 cm³/mol. The highest BCUT2D eigenvalue weighted by Crippen LogP contribution is 2.19. The molecule has 0 aliphatic rings. The molecule has 0 aliphatic heterocycles. The third-order valence-electron chi connectivity index (χ3n) is 2.79. The van der Waals surface area contributed by atoms with Gasteiger partial charge in [-0.1, -0.05) is 24.6 Å². The lowest BCUT2D eigenvalue weighted by atomic mass is 10.2. The van der Waals surface area contributed by atoms with Gasteiger partial charge in [0.1, 0.15) is 12.4 Å². The number of halogens is 1. The number of hydrogen-bond donors (Lipinski definition) is 1. The maximum Gasteiger partial charge on any atom is 0.120 e. The molecular formula is C15H18ClNOS. The monoisotopic (exact) mass is 295 g/mol. The molecule has 4 heteroatoms. The Morgan fingerprint density at radius 2 is 2.05 bits per heavy atom. The summed E-state index contributed by atoms with van der Waals surface area (Å²) in [6.07, 6.45) is 1.93. The summed E-state index contributed by atoms with van der Waals surface area (Å²) >= 11 is 7.73. The van der Waals surface area contributed by atoms with Crippen molar-refractivity contribution in [2.45, 2.75) is 25.8 Å². The molecule has 0 spiro atoms. The summed E-state index contributed by atoms with van der Waals surface area (Å²) in [6.45, 7) is 2.66. The Hall–Kier alpha value is -1.03. The molecule has 1 atom stereocenters. The molecule has 2 nitrogen and oxygen atoms in total. The van der Waals surface area contributed by atoms with E-state index in [1.807, 2.05) is 29.5 Å². The molecule has 0 radical (unpaired) electrons. The van der Waals surface area contributed by atoms with Crippen LogP contribution in [0.4, 0.5) is 0 Å². The van der Waals surface area contributed by atoms with Crippen LogP contribution in [0.2, 0.25) is 5.02 Å². The minimum absolute atomic E-state index is 0.00216. The molecular weight excluding hydrogens is 278 g/mol. The van der Waals surface area contributed by atoms with Gasteiger partial charge in [0.25, 0.3) is 0 Å².